The Kier molecular flexibility index (Phi) is 6.26. The first kappa shape index (κ1) is 21.2. The quantitative estimate of drug-likeness (QED) is 0.439. The minimum Gasteiger partial charge on any atom is -0.339 e. The van der Waals surface area contributed by atoms with Gasteiger partial charge in [0.2, 0.25) is 5.91 Å². The van der Waals surface area contributed by atoms with Gasteiger partial charge in [0.1, 0.15) is 0 Å². The van der Waals surface area contributed by atoms with Gasteiger partial charge < -0.3 is 10.6 Å². The average molecular weight is 427 g/mol. The zero-order chi connectivity index (χ0) is 22.5. The van der Waals surface area contributed by atoms with E-state index in [1.54, 1.807) is 4.68 Å². The molecule has 7 heteroatoms. The maximum atomic E-state index is 12.2. The van der Waals surface area contributed by atoms with Gasteiger partial charge in [0.25, 0.3) is 0 Å². The molecule has 0 saturated carbocycles. The smallest absolute Gasteiger partial charge is 0.224 e. The van der Waals surface area contributed by atoms with Crippen LogP contribution in [0.5, 0.6) is 0 Å². The molecule has 0 spiro atoms. The van der Waals surface area contributed by atoms with Crippen LogP contribution in [0.15, 0.2) is 66.7 Å². The molecule has 7 nitrogen and oxygen atoms in total. The molecule has 0 fully saturated rings. The summed E-state index contributed by atoms with van der Waals surface area (Å²) in [6.45, 7) is 6.05. The Hall–Kier alpha value is -4.00. The van der Waals surface area contributed by atoms with Gasteiger partial charge in [-0.3, -0.25) is 4.79 Å². The maximum Gasteiger partial charge on any atom is 0.224 e. The third kappa shape index (κ3) is 5.00. The van der Waals surface area contributed by atoms with Gasteiger partial charge >= 0.3 is 0 Å². The predicted octanol–water partition coefficient (Wildman–Crippen LogP) is 4.90. The van der Waals surface area contributed by atoms with Gasteiger partial charge in [0.05, 0.1) is 5.69 Å². The zero-order valence-electron chi connectivity index (χ0n) is 18.5. The van der Waals surface area contributed by atoms with Crippen LogP contribution in [-0.2, 0) is 11.2 Å². The lowest BCUT2D eigenvalue weighted by molar-refractivity contribution is -0.116. The van der Waals surface area contributed by atoms with E-state index in [0.717, 1.165) is 40.3 Å². The van der Waals surface area contributed by atoms with Crippen LogP contribution in [0.25, 0.3) is 5.82 Å². The minimum absolute atomic E-state index is 0.00425. The summed E-state index contributed by atoms with van der Waals surface area (Å²) in [5.74, 6) is 1.31. The monoisotopic (exact) mass is 426 g/mol. The summed E-state index contributed by atoms with van der Waals surface area (Å²) >= 11 is 0. The molecule has 0 saturated heterocycles. The van der Waals surface area contributed by atoms with Crippen LogP contribution in [-0.4, -0.2) is 25.9 Å². The number of hydrogen-bond donors (Lipinski definition) is 2. The van der Waals surface area contributed by atoms with E-state index < -0.39 is 0 Å². The molecule has 0 aliphatic carbocycles. The summed E-state index contributed by atoms with van der Waals surface area (Å²) in [7, 11) is 0. The third-order valence-corrected chi connectivity index (χ3v) is 5.45. The molecule has 0 unspecified atom stereocenters. The fourth-order valence-corrected chi connectivity index (χ4v) is 3.36. The van der Waals surface area contributed by atoms with E-state index in [1.807, 2.05) is 87.5 Å². The first-order valence-corrected chi connectivity index (χ1v) is 10.6. The van der Waals surface area contributed by atoms with E-state index in [1.165, 1.54) is 0 Å². The highest BCUT2D eigenvalue weighted by atomic mass is 16.1. The second kappa shape index (κ2) is 9.43. The number of rotatable bonds is 7. The maximum absolute atomic E-state index is 12.2. The number of aryl methyl sites for hydroxylation is 2. The van der Waals surface area contributed by atoms with Gasteiger partial charge in [0, 0.05) is 23.5 Å². The second-order valence-corrected chi connectivity index (χ2v) is 7.72. The van der Waals surface area contributed by atoms with Crippen molar-refractivity contribution >= 4 is 23.1 Å². The Labute approximate surface area is 187 Å². The van der Waals surface area contributed by atoms with Crippen molar-refractivity contribution in [3.63, 3.8) is 0 Å². The normalized spacial score (nSPS) is 10.7. The Bertz CT molecular complexity index is 1200. The number of amides is 1. The summed E-state index contributed by atoms with van der Waals surface area (Å²) < 4.78 is 1.80. The number of hydrogen-bond acceptors (Lipinski definition) is 5. The number of aromatic nitrogens is 4. The Morgan fingerprint density at radius 3 is 2.22 bits per heavy atom. The lowest BCUT2D eigenvalue weighted by atomic mass is 10.1. The Morgan fingerprint density at radius 1 is 0.875 bits per heavy atom. The van der Waals surface area contributed by atoms with Crippen molar-refractivity contribution in [2.75, 3.05) is 10.6 Å². The molecule has 32 heavy (non-hydrogen) atoms. The van der Waals surface area contributed by atoms with E-state index in [2.05, 4.69) is 25.9 Å². The topological polar surface area (TPSA) is 84.7 Å². The average Bonchev–Trinajstić information content (AvgIpc) is 3.07. The van der Waals surface area contributed by atoms with Crippen LogP contribution in [0.4, 0.5) is 17.2 Å². The molecule has 2 aromatic heterocycles. The second-order valence-electron chi connectivity index (χ2n) is 7.72. The van der Waals surface area contributed by atoms with Crippen molar-refractivity contribution in [1.29, 1.82) is 0 Å². The molecular weight excluding hydrogens is 400 g/mol. The van der Waals surface area contributed by atoms with Crippen LogP contribution >= 0.6 is 0 Å². The minimum atomic E-state index is -0.00425. The van der Waals surface area contributed by atoms with E-state index in [9.17, 15) is 4.79 Å². The van der Waals surface area contributed by atoms with Gasteiger partial charge in [0.15, 0.2) is 11.6 Å². The standard InChI is InChI=1S/C25H26N6O/c1-17-18(2)30-31(19(17)3)24-15-14-23(28-29-24)26-21-10-12-22(13-11-21)27-25(32)16-9-20-7-5-4-6-8-20/h4-8,10-15H,9,16H2,1-3H3,(H,26,28)(H,27,32). The van der Waals surface area contributed by atoms with Crippen molar-refractivity contribution in [3.05, 3.63) is 89.2 Å². The van der Waals surface area contributed by atoms with Crippen LogP contribution in [0, 0.1) is 20.8 Å². The lowest BCUT2D eigenvalue weighted by Crippen LogP contribution is -2.12. The molecule has 2 heterocycles. The zero-order valence-corrected chi connectivity index (χ0v) is 18.5. The van der Waals surface area contributed by atoms with E-state index >= 15 is 0 Å². The third-order valence-electron chi connectivity index (χ3n) is 5.45. The molecule has 4 rings (SSSR count). The number of carbonyl (C=O) groups excluding carboxylic acids is 1. The SMILES string of the molecule is Cc1nn(-c2ccc(Nc3ccc(NC(=O)CCc4ccccc4)cc3)nn2)c(C)c1C. The summed E-state index contributed by atoms with van der Waals surface area (Å²) in [5, 5.41) is 19.2. The molecular formula is C25H26N6O. The highest BCUT2D eigenvalue weighted by molar-refractivity contribution is 5.91. The summed E-state index contributed by atoms with van der Waals surface area (Å²) in [6, 6.07) is 21.3. The fourth-order valence-electron chi connectivity index (χ4n) is 3.36. The van der Waals surface area contributed by atoms with E-state index in [4.69, 9.17) is 0 Å². The molecule has 2 aromatic carbocycles. The van der Waals surface area contributed by atoms with Gasteiger partial charge in [-0.1, -0.05) is 30.3 Å². The molecule has 1 amide bonds. The molecule has 0 atom stereocenters. The van der Waals surface area contributed by atoms with Crippen LogP contribution < -0.4 is 10.6 Å². The summed E-state index contributed by atoms with van der Waals surface area (Å²) in [6.07, 6.45) is 1.17. The molecule has 0 radical (unpaired) electrons. The lowest BCUT2D eigenvalue weighted by Gasteiger charge is -2.09. The van der Waals surface area contributed by atoms with Gasteiger partial charge in [-0.15, -0.1) is 10.2 Å². The molecule has 0 aliphatic rings. The highest BCUT2D eigenvalue weighted by Gasteiger charge is 2.10. The van der Waals surface area contributed by atoms with Gasteiger partial charge in [-0.25, -0.2) is 4.68 Å². The Balaban J connectivity index is 1.33. The van der Waals surface area contributed by atoms with Crippen molar-refractivity contribution < 1.29 is 4.79 Å². The van der Waals surface area contributed by atoms with Crippen LogP contribution in [0.2, 0.25) is 0 Å². The highest BCUT2D eigenvalue weighted by Crippen LogP contribution is 2.19. The molecule has 2 N–H and O–H groups in total. The fraction of sp³-hybridized carbons (Fsp3) is 0.200. The van der Waals surface area contributed by atoms with Crippen LogP contribution in [0.3, 0.4) is 0 Å². The number of nitrogens with one attached hydrogen (secondary N) is 2. The van der Waals surface area contributed by atoms with E-state index in [-0.39, 0.29) is 5.91 Å². The molecule has 4 aromatic rings. The molecule has 0 aliphatic heterocycles. The molecule has 162 valence electrons. The number of anilines is 3. The largest absolute Gasteiger partial charge is 0.339 e. The van der Waals surface area contributed by atoms with Crippen LogP contribution in [0.1, 0.15) is 28.9 Å². The van der Waals surface area contributed by atoms with Crippen molar-refractivity contribution in [2.24, 2.45) is 0 Å². The summed E-state index contributed by atoms with van der Waals surface area (Å²) in [4.78, 5) is 12.2. The van der Waals surface area contributed by atoms with Crippen molar-refractivity contribution in [2.45, 2.75) is 33.6 Å². The van der Waals surface area contributed by atoms with Gasteiger partial charge in [-0.2, -0.15) is 5.10 Å². The number of carbonyl (C=O) groups is 1. The Morgan fingerprint density at radius 2 is 1.59 bits per heavy atom. The first-order chi connectivity index (χ1) is 15.5. The predicted molar refractivity (Wildman–Crippen MR) is 126 cm³/mol. The van der Waals surface area contributed by atoms with E-state index in [0.29, 0.717) is 18.1 Å². The number of nitrogens with zero attached hydrogens (tertiary/aromatic N) is 4. The molecule has 0 bridgehead atoms. The van der Waals surface area contributed by atoms with Crippen molar-refractivity contribution in [1.82, 2.24) is 20.0 Å². The number of benzene rings is 2. The van der Waals surface area contributed by atoms with Gasteiger partial charge in [-0.05, 0) is 74.7 Å². The first-order valence-electron chi connectivity index (χ1n) is 10.6. The van der Waals surface area contributed by atoms with Crippen molar-refractivity contribution in [3.8, 4) is 5.82 Å². The summed E-state index contributed by atoms with van der Waals surface area (Å²) in [5.41, 5.74) is 5.97.